The highest BCUT2D eigenvalue weighted by Gasteiger charge is 2.22. The van der Waals surface area contributed by atoms with Gasteiger partial charge in [0.1, 0.15) is 5.75 Å². The van der Waals surface area contributed by atoms with Crippen LogP contribution in [0.4, 0.5) is 0 Å². The summed E-state index contributed by atoms with van der Waals surface area (Å²) in [7, 11) is -1.21. The van der Waals surface area contributed by atoms with Gasteiger partial charge in [0.2, 0.25) is 0 Å². The Bertz CT molecular complexity index is 422. The van der Waals surface area contributed by atoms with Gasteiger partial charge < -0.3 is 4.74 Å². The number of ether oxygens (including phenoxy) is 1. The molecule has 0 fully saturated rings. The largest absolute Gasteiger partial charge is 0.427 e. The summed E-state index contributed by atoms with van der Waals surface area (Å²) in [5, 5.41) is 0. The second-order valence-electron chi connectivity index (χ2n) is 4.92. The van der Waals surface area contributed by atoms with Crippen LogP contribution in [0.2, 0.25) is 18.1 Å². The van der Waals surface area contributed by atoms with E-state index in [1.165, 1.54) is 30.6 Å². The summed E-state index contributed by atoms with van der Waals surface area (Å²) >= 11 is 0. The molecule has 1 aromatic rings. The first-order valence-corrected chi connectivity index (χ1v) is 9.73. The summed E-state index contributed by atoms with van der Waals surface area (Å²) in [6.07, 6.45) is 2.22. The van der Waals surface area contributed by atoms with Crippen molar-refractivity contribution in [2.24, 2.45) is 0 Å². The fraction of sp³-hybridized carbons (Fsp3) is 0.438. The number of benzene rings is 1. The molecular formula is C16H24O2Si. The van der Waals surface area contributed by atoms with Crippen molar-refractivity contribution < 1.29 is 9.53 Å². The van der Waals surface area contributed by atoms with Crippen molar-refractivity contribution in [1.82, 2.24) is 0 Å². The number of hydrogen-bond donors (Lipinski definition) is 0. The van der Waals surface area contributed by atoms with E-state index in [0.717, 1.165) is 0 Å². The fourth-order valence-electron chi connectivity index (χ4n) is 2.19. The standard InChI is InChI=1S/C16H24O2Si/c1-5-19(6-2,7-3)13-12-15-8-10-16(11-9-15)18-14(4)17/h8-13H,5-7H2,1-4H3/b13-12+. The highest BCUT2D eigenvalue weighted by molar-refractivity contribution is 6.84. The Morgan fingerprint density at radius 2 is 1.63 bits per heavy atom. The summed E-state index contributed by atoms with van der Waals surface area (Å²) in [5.41, 5.74) is 3.62. The van der Waals surface area contributed by atoms with Crippen molar-refractivity contribution in [3.05, 3.63) is 35.5 Å². The lowest BCUT2D eigenvalue weighted by Gasteiger charge is -2.23. The molecule has 0 N–H and O–H groups in total. The topological polar surface area (TPSA) is 26.3 Å². The smallest absolute Gasteiger partial charge is 0.308 e. The van der Waals surface area contributed by atoms with Crippen LogP contribution < -0.4 is 4.74 Å². The van der Waals surface area contributed by atoms with Gasteiger partial charge in [-0.2, -0.15) is 0 Å². The minimum atomic E-state index is -1.21. The number of carbonyl (C=O) groups excluding carboxylic acids is 1. The van der Waals surface area contributed by atoms with E-state index in [2.05, 4.69) is 32.5 Å². The van der Waals surface area contributed by atoms with Gasteiger partial charge in [-0.05, 0) is 17.7 Å². The van der Waals surface area contributed by atoms with Gasteiger partial charge in [0.15, 0.2) is 0 Å². The van der Waals surface area contributed by atoms with Crippen molar-refractivity contribution >= 4 is 20.1 Å². The summed E-state index contributed by atoms with van der Waals surface area (Å²) in [6.45, 7) is 8.31. The second-order valence-corrected chi connectivity index (χ2v) is 10.1. The highest BCUT2D eigenvalue weighted by Crippen LogP contribution is 2.23. The summed E-state index contributed by atoms with van der Waals surface area (Å²) in [6, 6.07) is 11.6. The zero-order chi connectivity index (χ0) is 14.3. The molecule has 0 saturated carbocycles. The van der Waals surface area contributed by atoms with Crippen molar-refractivity contribution in [2.75, 3.05) is 0 Å². The maximum atomic E-state index is 10.8. The number of hydrogen-bond acceptors (Lipinski definition) is 2. The van der Waals surface area contributed by atoms with E-state index < -0.39 is 8.07 Å². The van der Waals surface area contributed by atoms with Crippen molar-refractivity contribution in [2.45, 2.75) is 45.8 Å². The van der Waals surface area contributed by atoms with Crippen LogP contribution in [0.1, 0.15) is 33.3 Å². The van der Waals surface area contributed by atoms with E-state index in [1.807, 2.05) is 24.3 Å². The third-order valence-corrected chi connectivity index (χ3v) is 8.98. The first-order valence-electron chi connectivity index (χ1n) is 7.03. The van der Waals surface area contributed by atoms with E-state index in [0.29, 0.717) is 5.75 Å². The van der Waals surface area contributed by atoms with Crippen LogP contribution in [0.5, 0.6) is 5.75 Å². The average molecular weight is 276 g/mol. The van der Waals surface area contributed by atoms with E-state index >= 15 is 0 Å². The monoisotopic (exact) mass is 276 g/mol. The molecule has 0 aliphatic carbocycles. The van der Waals surface area contributed by atoms with Crippen molar-refractivity contribution in [3.8, 4) is 5.75 Å². The summed E-state index contributed by atoms with van der Waals surface area (Å²) in [4.78, 5) is 10.8. The molecule has 0 aliphatic heterocycles. The Balaban J connectivity index is 2.79. The van der Waals surface area contributed by atoms with Crippen LogP contribution in [0, 0.1) is 0 Å². The molecule has 0 heterocycles. The quantitative estimate of drug-likeness (QED) is 0.428. The minimum Gasteiger partial charge on any atom is -0.427 e. The second kappa shape index (κ2) is 7.29. The van der Waals surface area contributed by atoms with Crippen molar-refractivity contribution in [1.29, 1.82) is 0 Å². The zero-order valence-corrected chi connectivity index (χ0v) is 13.4. The molecule has 3 heteroatoms. The van der Waals surface area contributed by atoms with Crippen LogP contribution in [-0.4, -0.2) is 14.0 Å². The first-order chi connectivity index (χ1) is 9.05. The van der Waals surface area contributed by atoms with Gasteiger partial charge in [0, 0.05) is 6.92 Å². The lowest BCUT2D eigenvalue weighted by molar-refractivity contribution is -0.131. The molecule has 104 valence electrons. The third kappa shape index (κ3) is 4.67. The van der Waals surface area contributed by atoms with E-state index in [4.69, 9.17) is 4.74 Å². The SMILES string of the molecule is CC[Si](/C=C/c1ccc(OC(C)=O)cc1)(CC)CC. The molecule has 0 atom stereocenters. The Kier molecular flexibility index (Phi) is 6.02. The fourth-order valence-corrected chi connectivity index (χ4v) is 4.94. The molecule has 0 aliphatic rings. The predicted octanol–water partition coefficient (Wildman–Crippen LogP) is 4.67. The molecule has 19 heavy (non-hydrogen) atoms. The lowest BCUT2D eigenvalue weighted by Crippen LogP contribution is -2.28. The molecule has 0 unspecified atom stereocenters. The Hall–Kier alpha value is -1.35. The van der Waals surface area contributed by atoms with Gasteiger partial charge in [-0.25, -0.2) is 0 Å². The minimum absolute atomic E-state index is 0.280. The first kappa shape index (κ1) is 15.7. The van der Waals surface area contributed by atoms with Crippen LogP contribution in [0.3, 0.4) is 0 Å². The molecule has 1 rings (SSSR count). The molecular weight excluding hydrogens is 252 g/mol. The van der Waals surface area contributed by atoms with Crippen LogP contribution in [0.15, 0.2) is 30.0 Å². The van der Waals surface area contributed by atoms with Gasteiger partial charge in [-0.1, -0.05) is 62.8 Å². The van der Waals surface area contributed by atoms with Crippen molar-refractivity contribution in [3.63, 3.8) is 0 Å². The lowest BCUT2D eigenvalue weighted by atomic mass is 10.2. The number of esters is 1. The molecule has 0 aromatic heterocycles. The maximum Gasteiger partial charge on any atom is 0.308 e. The zero-order valence-electron chi connectivity index (χ0n) is 12.4. The molecule has 2 nitrogen and oxygen atoms in total. The van der Waals surface area contributed by atoms with Gasteiger partial charge in [0.05, 0.1) is 8.07 Å². The highest BCUT2D eigenvalue weighted by atomic mass is 28.3. The van der Waals surface area contributed by atoms with Gasteiger partial charge in [-0.3, -0.25) is 4.79 Å². The summed E-state index contributed by atoms with van der Waals surface area (Å²) in [5.74, 6) is 0.326. The van der Waals surface area contributed by atoms with Crippen LogP contribution in [-0.2, 0) is 4.79 Å². The normalized spacial score (nSPS) is 11.8. The van der Waals surface area contributed by atoms with Gasteiger partial charge in [0.25, 0.3) is 0 Å². The third-order valence-electron chi connectivity index (χ3n) is 3.88. The number of rotatable bonds is 6. The maximum absolute atomic E-state index is 10.8. The average Bonchev–Trinajstić information content (AvgIpc) is 2.42. The van der Waals surface area contributed by atoms with E-state index in [9.17, 15) is 4.79 Å². The molecule has 0 spiro atoms. The predicted molar refractivity (Wildman–Crippen MR) is 84.0 cm³/mol. The van der Waals surface area contributed by atoms with E-state index in [1.54, 1.807) is 0 Å². The molecule has 0 saturated heterocycles. The van der Waals surface area contributed by atoms with E-state index in [-0.39, 0.29) is 5.97 Å². The molecule has 0 radical (unpaired) electrons. The van der Waals surface area contributed by atoms with Gasteiger partial charge >= 0.3 is 5.97 Å². The summed E-state index contributed by atoms with van der Waals surface area (Å²) < 4.78 is 5.02. The Morgan fingerprint density at radius 3 is 2.05 bits per heavy atom. The molecule has 0 bridgehead atoms. The Labute approximate surface area is 117 Å². The molecule has 0 amide bonds. The number of carbonyl (C=O) groups is 1. The van der Waals surface area contributed by atoms with Crippen LogP contribution in [0.25, 0.3) is 6.08 Å². The molecule has 1 aromatic carbocycles. The van der Waals surface area contributed by atoms with Gasteiger partial charge in [-0.15, -0.1) is 0 Å². The van der Waals surface area contributed by atoms with Crippen LogP contribution >= 0.6 is 0 Å². The Morgan fingerprint density at radius 1 is 1.11 bits per heavy atom.